The Morgan fingerprint density at radius 1 is 1.05 bits per heavy atom. The number of benzene rings is 2. The molecule has 0 aromatic heterocycles. The molecule has 0 aliphatic heterocycles. The predicted octanol–water partition coefficient (Wildman–Crippen LogP) is 2.38. The molecule has 0 aliphatic rings. The normalized spacial score (nSPS) is 10.2. The predicted molar refractivity (Wildman–Crippen MR) is 73.3 cm³/mol. The number of nitrogens with one attached hydrogen (secondary N) is 1. The van der Waals surface area contributed by atoms with Crippen molar-refractivity contribution in [2.24, 2.45) is 0 Å². The molecule has 0 saturated heterocycles. The van der Waals surface area contributed by atoms with Gasteiger partial charge in [0.15, 0.2) is 0 Å². The maximum atomic E-state index is 12.7. The van der Waals surface area contributed by atoms with E-state index in [9.17, 15) is 9.18 Å². The molecule has 1 amide bonds. The Bertz CT molecular complexity index is 549. The molecule has 3 N–H and O–H groups in total. The Labute approximate surface area is 111 Å². The first kappa shape index (κ1) is 13.1. The van der Waals surface area contributed by atoms with E-state index in [1.165, 1.54) is 12.1 Å². The Balaban J connectivity index is 1.84. The number of hydrogen-bond donors (Lipinski definition) is 2. The third-order valence-electron chi connectivity index (χ3n) is 2.79. The Kier molecular flexibility index (Phi) is 4.13. The van der Waals surface area contributed by atoms with Crippen LogP contribution in [0.3, 0.4) is 0 Å². The van der Waals surface area contributed by atoms with E-state index in [-0.39, 0.29) is 11.7 Å². The zero-order valence-electron chi connectivity index (χ0n) is 10.4. The highest BCUT2D eigenvalue weighted by Crippen LogP contribution is 2.06. The minimum atomic E-state index is -0.255. The smallest absolute Gasteiger partial charge is 0.251 e. The van der Waals surface area contributed by atoms with Gasteiger partial charge in [-0.25, -0.2) is 4.39 Å². The average molecular weight is 258 g/mol. The van der Waals surface area contributed by atoms with Crippen LogP contribution in [0, 0.1) is 5.82 Å². The minimum Gasteiger partial charge on any atom is -0.399 e. The number of carbonyl (C=O) groups excluding carboxylic acids is 1. The number of anilines is 1. The largest absolute Gasteiger partial charge is 0.399 e. The molecule has 2 aromatic carbocycles. The number of carbonyl (C=O) groups is 1. The summed E-state index contributed by atoms with van der Waals surface area (Å²) in [6.45, 7) is 0.509. The van der Waals surface area contributed by atoms with Crippen molar-refractivity contribution in [2.75, 3.05) is 12.3 Å². The lowest BCUT2D eigenvalue weighted by Crippen LogP contribution is -2.25. The summed E-state index contributed by atoms with van der Waals surface area (Å²) in [4.78, 5) is 11.8. The van der Waals surface area contributed by atoms with E-state index in [1.54, 1.807) is 36.4 Å². The molecule has 19 heavy (non-hydrogen) atoms. The van der Waals surface area contributed by atoms with Gasteiger partial charge in [0, 0.05) is 17.8 Å². The van der Waals surface area contributed by atoms with Gasteiger partial charge in [-0.05, 0) is 48.4 Å². The van der Waals surface area contributed by atoms with Gasteiger partial charge >= 0.3 is 0 Å². The van der Waals surface area contributed by atoms with Gasteiger partial charge in [-0.1, -0.05) is 12.1 Å². The molecule has 0 atom stereocenters. The van der Waals surface area contributed by atoms with Crippen molar-refractivity contribution in [3.05, 3.63) is 65.5 Å². The second-order valence-corrected chi connectivity index (χ2v) is 4.25. The van der Waals surface area contributed by atoms with Gasteiger partial charge in [0.2, 0.25) is 0 Å². The van der Waals surface area contributed by atoms with Gasteiger partial charge in [0.25, 0.3) is 5.91 Å². The summed E-state index contributed by atoms with van der Waals surface area (Å²) in [5.74, 6) is -0.392. The van der Waals surface area contributed by atoms with Gasteiger partial charge in [-0.3, -0.25) is 4.79 Å². The van der Waals surface area contributed by atoms with Gasteiger partial charge < -0.3 is 11.1 Å². The fourth-order valence-corrected chi connectivity index (χ4v) is 1.71. The molecule has 0 aliphatic carbocycles. The van der Waals surface area contributed by atoms with E-state index in [2.05, 4.69) is 5.32 Å². The minimum absolute atomic E-state index is 0.137. The van der Waals surface area contributed by atoms with Gasteiger partial charge in [-0.2, -0.15) is 0 Å². The van der Waals surface area contributed by atoms with Crippen molar-refractivity contribution in [3.63, 3.8) is 0 Å². The number of nitrogens with two attached hydrogens (primary N) is 1. The molecule has 4 heteroatoms. The molecule has 0 radical (unpaired) electrons. The summed E-state index contributed by atoms with van der Waals surface area (Å²) < 4.78 is 12.7. The van der Waals surface area contributed by atoms with Crippen LogP contribution in [0.25, 0.3) is 0 Å². The highest BCUT2D eigenvalue weighted by Gasteiger charge is 2.04. The first-order chi connectivity index (χ1) is 9.15. The fraction of sp³-hybridized carbons (Fsp3) is 0.133. The summed E-state index contributed by atoms with van der Waals surface area (Å²) in [5, 5.41) is 2.81. The van der Waals surface area contributed by atoms with E-state index in [0.29, 0.717) is 24.2 Å². The molecule has 3 nitrogen and oxygen atoms in total. The van der Waals surface area contributed by atoms with Crippen LogP contribution in [0.15, 0.2) is 48.5 Å². The molecule has 98 valence electrons. The second kappa shape index (κ2) is 6.00. The van der Waals surface area contributed by atoms with Crippen molar-refractivity contribution in [1.29, 1.82) is 0 Å². The monoisotopic (exact) mass is 258 g/mol. The van der Waals surface area contributed by atoms with Crippen molar-refractivity contribution in [2.45, 2.75) is 6.42 Å². The number of nitrogen functional groups attached to an aromatic ring is 1. The molecule has 0 saturated carbocycles. The quantitative estimate of drug-likeness (QED) is 0.827. The molecule has 2 rings (SSSR count). The Morgan fingerprint density at radius 2 is 1.68 bits per heavy atom. The number of halogens is 1. The summed E-state index contributed by atoms with van der Waals surface area (Å²) in [7, 11) is 0. The molecule has 0 heterocycles. The summed E-state index contributed by atoms with van der Waals surface area (Å²) in [6.07, 6.45) is 0.668. The van der Waals surface area contributed by atoms with E-state index >= 15 is 0 Å². The highest BCUT2D eigenvalue weighted by atomic mass is 19.1. The molecule has 0 fully saturated rings. The van der Waals surface area contributed by atoms with Crippen molar-refractivity contribution in [3.8, 4) is 0 Å². The molecule has 0 bridgehead atoms. The second-order valence-electron chi connectivity index (χ2n) is 4.25. The number of rotatable bonds is 4. The summed E-state index contributed by atoms with van der Waals surface area (Å²) in [6, 6.07) is 13.0. The number of hydrogen-bond acceptors (Lipinski definition) is 2. The standard InChI is InChI=1S/C15H15FN2O/c16-13-5-1-11(2-6-13)9-10-18-15(19)12-3-7-14(17)8-4-12/h1-8H,9-10,17H2,(H,18,19). The van der Waals surface area contributed by atoms with Crippen LogP contribution in [-0.2, 0) is 6.42 Å². The van der Waals surface area contributed by atoms with Gasteiger partial charge in [0.1, 0.15) is 5.82 Å². The Morgan fingerprint density at radius 3 is 2.32 bits per heavy atom. The molecule has 0 spiro atoms. The molecule has 2 aromatic rings. The van der Waals surface area contributed by atoms with E-state index in [4.69, 9.17) is 5.73 Å². The van der Waals surface area contributed by atoms with Gasteiger partial charge in [-0.15, -0.1) is 0 Å². The van der Waals surface area contributed by atoms with Crippen LogP contribution >= 0.6 is 0 Å². The lowest BCUT2D eigenvalue weighted by molar-refractivity contribution is 0.0954. The van der Waals surface area contributed by atoms with E-state index in [1.807, 2.05) is 0 Å². The van der Waals surface area contributed by atoms with E-state index < -0.39 is 0 Å². The van der Waals surface area contributed by atoms with Crippen molar-refractivity contribution < 1.29 is 9.18 Å². The lowest BCUT2D eigenvalue weighted by atomic mass is 10.1. The van der Waals surface area contributed by atoms with Crippen LogP contribution < -0.4 is 11.1 Å². The van der Waals surface area contributed by atoms with Crippen LogP contribution in [0.5, 0.6) is 0 Å². The first-order valence-corrected chi connectivity index (χ1v) is 6.03. The fourth-order valence-electron chi connectivity index (χ4n) is 1.71. The zero-order chi connectivity index (χ0) is 13.7. The van der Waals surface area contributed by atoms with Gasteiger partial charge in [0.05, 0.1) is 0 Å². The molecular weight excluding hydrogens is 243 g/mol. The van der Waals surface area contributed by atoms with Crippen molar-refractivity contribution in [1.82, 2.24) is 5.32 Å². The topological polar surface area (TPSA) is 55.1 Å². The van der Waals surface area contributed by atoms with E-state index in [0.717, 1.165) is 5.56 Å². The summed E-state index contributed by atoms with van der Waals surface area (Å²) in [5.41, 5.74) is 7.74. The van der Waals surface area contributed by atoms with Crippen LogP contribution in [0.1, 0.15) is 15.9 Å². The van der Waals surface area contributed by atoms with Crippen LogP contribution in [0.4, 0.5) is 10.1 Å². The molecule has 0 unspecified atom stereocenters. The maximum absolute atomic E-state index is 12.7. The van der Waals surface area contributed by atoms with Crippen molar-refractivity contribution >= 4 is 11.6 Å². The number of amides is 1. The molecular formula is C15H15FN2O. The average Bonchev–Trinajstić information content (AvgIpc) is 2.41. The third-order valence-corrected chi connectivity index (χ3v) is 2.79. The van der Waals surface area contributed by atoms with Crippen LogP contribution in [0.2, 0.25) is 0 Å². The summed E-state index contributed by atoms with van der Waals surface area (Å²) >= 11 is 0. The first-order valence-electron chi connectivity index (χ1n) is 6.03. The van der Waals surface area contributed by atoms with Crippen LogP contribution in [-0.4, -0.2) is 12.5 Å². The third kappa shape index (κ3) is 3.81. The lowest BCUT2D eigenvalue weighted by Gasteiger charge is -2.05. The SMILES string of the molecule is Nc1ccc(C(=O)NCCc2ccc(F)cc2)cc1. The highest BCUT2D eigenvalue weighted by molar-refractivity contribution is 5.94. The maximum Gasteiger partial charge on any atom is 0.251 e. The Hall–Kier alpha value is -2.36. The zero-order valence-corrected chi connectivity index (χ0v) is 10.4.